The van der Waals surface area contributed by atoms with E-state index in [1.807, 2.05) is 93.6 Å². The van der Waals surface area contributed by atoms with Crippen LogP contribution >= 0.6 is 10.3 Å². The molecular weight excluding hydrogens is 424 g/mol. The number of carbonyl (C=O) groups excluding carboxylic acids is 1. The largest absolute Gasteiger partial charge is 0.494 e. The summed E-state index contributed by atoms with van der Waals surface area (Å²) >= 11 is 0. The standard InChI is InChI=1S/C26H30O5S/c1-5-28-21-18-24(29-6-2)26(25(19-21)30-7-3)32(31-20(4)27,22-14-10-8-11-15-22)23-16-12-9-13-17-23/h8-19H,5-7H2,1-4H3. The van der Waals surface area contributed by atoms with Crippen molar-refractivity contribution in [2.45, 2.75) is 42.4 Å². The minimum Gasteiger partial charge on any atom is -0.494 e. The monoisotopic (exact) mass is 454 g/mol. The maximum Gasteiger partial charge on any atom is 0.313 e. The molecule has 3 aromatic rings. The molecule has 3 aromatic carbocycles. The lowest BCUT2D eigenvalue weighted by Gasteiger charge is -2.41. The molecule has 0 radical (unpaired) electrons. The van der Waals surface area contributed by atoms with Crippen molar-refractivity contribution in [1.82, 2.24) is 0 Å². The molecule has 0 aliphatic heterocycles. The number of ether oxygens (including phenoxy) is 3. The lowest BCUT2D eigenvalue weighted by Crippen LogP contribution is -2.14. The van der Waals surface area contributed by atoms with E-state index in [4.69, 9.17) is 18.4 Å². The van der Waals surface area contributed by atoms with Crippen molar-refractivity contribution >= 4 is 16.3 Å². The molecule has 6 heteroatoms. The summed E-state index contributed by atoms with van der Waals surface area (Å²) in [5.41, 5.74) is 0. The zero-order valence-electron chi connectivity index (χ0n) is 19.0. The lowest BCUT2D eigenvalue weighted by atomic mass is 10.3. The van der Waals surface area contributed by atoms with Crippen LogP contribution in [0.4, 0.5) is 0 Å². The maximum atomic E-state index is 12.6. The molecule has 3 rings (SSSR count). The third kappa shape index (κ3) is 4.86. The highest BCUT2D eigenvalue weighted by atomic mass is 32.3. The minimum absolute atomic E-state index is 0.383. The van der Waals surface area contributed by atoms with E-state index >= 15 is 0 Å². The Morgan fingerprint density at radius 1 is 0.719 bits per heavy atom. The Labute approximate surface area is 191 Å². The van der Waals surface area contributed by atoms with E-state index < -0.39 is 10.3 Å². The van der Waals surface area contributed by atoms with Gasteiger partial charge in [0.1, 0.15) is 22.1 Å². The predicted molar refractivity (Wildman–Crippen MR) is 127 cm³/mol. The molecule has 0 heterocycles. The van der Waals surface area contributed by atoms with Crippen LogP contribution in [-0.4, -0.2) is 25.8 Å². The van der Waals surface area contributed by atoms with Crippen LogP contribution in [0.2, 0.25) is 0 Å². The van der Waals surface area contributed by atoms with Crippen LogP contribution in [0.1, 0.15) is 27.7 Å². The quantitative estimate of drug-likeness (QED) is 0.344. The van der Waals surface area contributed by atoms with E-state index in [9.17, 15) is 4.79 Å². The van der Waals surface area contributed by atoms with Gasteiger partial charge in [0.05, 0.1) is 19.8 Å². The van der Waals surface area contributed by atoms with Crippen molar-refractivity contribution in [3.8, 4) is 17.2 Å². The second-order valence-corrected chi connectivity index (χ2v) is 9.44. The first kappa shape index (κ1) is 23.5. The molecule has 0 amide bonds. The van der Waals surface area contributed by atoms with Crippen molar-refractivity contribution in [3.63, 3.8) is 0 Å². The zero-order chi connectivity index (χ0) is 23.0. The van der Waals surface area contributed by atoms with Crippen LogP contribution in [0.25, 0.3) is 0 Å². The molecule has 0 N–H and O–H groups in total. The number of hydrogen-bond donors (Lipinski definition) is 0. The van der Waals surface area contributed by atoms with Crippen molar-refractivity contribution in [2.24, 2.45) is 0 Å². The van der Waals surface area contributed by atoms with Crippen molar-refractivity contribution < 1.29 is 23.2 Å². The second-order valence-electron chi connectivity index (χ2n) is 6.80. The average Bonchev–Trinajstić information content (AvgIpc) is 2.79. The highest BCUT2D eigenvalue weighted by molar-refractivity contribution is 8.30. The molecule has 5 nitrogen and oxygen atoms in total. The third-order valence-electron chi connectivity index (χ3n) is 4.59. The van der Waals surface area contributed by atoms with Gasteiger partial charge in [-0.3, -0.25) is 4.79 Å². The second kappa shape index (κ2) is 11.0. The first-order chi connectivity index (χ1) is 15.6. The Hall–Kier alpha value is -3.12. The van der Waals surface area contributed by atoms with Gasteiger partial charge in [-0.25, -0.2) is 0 Å². The summed E-state index contributed by atoms with van der Waals surface area (Å²) in [7, 11) is -2.52. The lowest BCUT2D eigenvalue weighted by molar-refractivity contribution is -0.131. The van der Waals surface area contributed by atoms with Gasteiger partial charge in [0.15, 0.2) is 0 Å². The fourth-order valence-corrected chi connectivity index (χ4v) is 6.78. The van der Waals surface area contributed by atoms with Gasteiger partial charge in [-0.2, -0.15) is 0 Å². The Morgan fingerprint density at radius 2 is 1.16 bits per heavy atom. The number of rotatable bonds is 10. The summed E-state index contributed by atoms with van der Waals surface area (Å²) < 4.78 is 24.3. The first-order valence-electron chi connectivity index (χ1n) is 10.8. The molecule has 0 unspecified atom stereocenters. The average molecular weight is 455 g/mol. The van der Waals surface area contributed by atoms with Crippen LogP contribution in [0.15, 0.2) is 87.5 Å². The van der Waals surface area contributed by atoms with Gasteiger partial charge in [-0.15, -0.1) is 0 Å². The third-order valence-corrected chi connectivity index (χ3v) is 7.92. The molecule has 0 fully saturated rings. The summed E-state index contributed by atoms with van der Waals surface area (Å²) in [5.74, 6) is 1.41. The summed E-state index contributed by atoms with van der Waals surface area (Å²) in [6.07, 6.45) is 0. The van der Waals surface area contributed by atoms with Crippen LogP contribution in [-0.2, 0) is 8.98 Å². The van der Waals surface area contributed by atoms with E-state index in [0.717, 1.165) is 9.79 Å². The normalized spacial score (nSPS) is 11.5. The maximum absolute atomic E-state index is 12.6. The minimum atomic E-state index is -2.52. The van der Waals surface area contributed by atoms with Gasteiger partial charge in [-0.1, -0.05) is 36.4 Å². The SMILES string of the molecule is CCOc1cc(OCC)c(S(OC(C)=O)(c2ccccc2)c2ccccc2)c(OCC)c1. The van der Waals surface area contributed by atoms with Gasteiger partial charge in [-0.05, 0) is 45.0 Å². The molecule has 0 saturated heterocycles. The number of benzene rings is 3. The summed E-state index contributed by atoms with van der Waals surface area (Å²) in [4.78, 5) is 15.0. The molecule has 0 aliphatic rings. The van der Waals surface area contributed by atoms with E-state index in [2.05, 4.69) is 0 Å². The van der Waals surface area contributed by atoms with Crippen molar-refractivity contribution in [1.29, 1.82) is 0 Å². The zero-order valence-corrected chi connectivity index (χ0v) is 19.8. The van der Waals surface area contributed by atoms with Crippen LogP contribution in [0.5, 0.6) is 17.2 Å². The number of carbonyl (C=O) groups is 1. The topological polar surface area (TPSA) is 54.0 Å². The van der Waals surface area contributed by atoms with E-state index in [0.29, 0.717) is 42.0 Å². The highest BCUT2D eigenvalue weighted by Gasteiger charge is 2.40. The van der Waals surface area contributed by atoms with Crippen molar-refractivity contribution in [2.75, 3.05) is 19.8 Å². The van der Waals surface area contributed by atoms with Crippen LogP contribution in [0, 0.1) is 0 Å². The fraction of sp³-hybridized carbons (Fsp3) is 0.269. The summed E-state index contributed by atoms with van der Waals surface area (Å²) in [5, 5.41) is 0. The molecule has 0 aliphatic carbocycles. The van der Waals surface area contributed by atoms with Gasteiger partial charge in [0.25, 0.3) is 0 Å². The molecular formula is C26H30O5S. The molecule has 0 atom stereocenters. The molecule has 0 aromatic heterocycles. The molecule has 0 saturated carbocycles. The van der Waals surface area contributed by atoms with Gasteiger partial charge >= 0.3 is 5.97 Å². The Balaban J connectivity index is 2.47. The predicted octanol–water partition coefficient (Wildman–Crippen LogP) is 6.64. The Kier molecular flexibility index (Phi) is 8.06. The van der Waals surface area contributed by atoms with Gasteiger partial charge in [0.2, 0.25) is 0 Å². The van der Waals surface area contributed by atoms with E-state index in [1.54, 1.807) is 0 Å². The molecule has 32 heavy (non-hydrogen) atoms. The molecule has 0 bridgehead atoms. The molecule has 170 valence electrons. The van der Waals surface area contributed by atoms with Crippen LogP contribution in [0.3, 0.4) is 0 Å². The highest BCUT2D eigenvalue weighted by Crippen LogP contribution is 2.73. The van der Waals surface area contributed by atoms with Crippen molar-refractivity contribution in [3.05, 3.63) is 72.8 Å². The van der Waals surface area contributed by atoms with Crippen LogP contribution < -0.4 is 14.2 Å². The summed E-state index contributed by atoms with van der Waals surface area (Å²) in [6.45, 7) is 8.59. The van der Waals surface area contributed by atoms with E-state index in [-0.39, 0.29) is 5.97 Å². The molecule has 0 spiro atoms. The summed E-state index contributed by atoms with van der Waals surface area (Å²) in [6, 6.07) is 23.3. The smallest absolute Gasteiger partial charge is 0.313 e. The van der Waals surface area contributed by atoms with Gasteiger partial charge in [0, 0.05) is 39.2 Å². The van der Waals surface area contributed by atoms with E-state index in [1.165, 1.54) is 6.92 Å². The number of hydrogen-bond acceptors (Lipinski definition) is 5. The first-order valence-corrected chi connectivity index (χ1v) is 12.3. The Morgan fingerprint density at radius 3 is 1.53 bits per heavy atom. The fourth-order valence-electron chi connectivity index (χ4n) is 3.52. The van der Waals surface area contributed by atoms with Gasteiger partial charge < -0.3 is 18.4 Å². The Bertz CT molecular complexity index is 954.